The average Bonchev–Trinajstić information content (AvgIpc) is 2.90. The summed E-state index contributed by atoms with van der Waals surface area (Å²) < 4.78 is 11.5. The molecule has 3 aromatic rings. The first-order chi connectivity index (χ1) is 18.6. The lowest BCUT2D eigenvalue weighted by Crippen LogP contribution is -2.46. The summed E-state index contributed by atoms with van der Waals surface area (Å²) >= 11 is 0. The smallest absolute Gasteiger partial charge is 0.229 e. The molecule has 2 aliphatic rings. The highest BCUT2D eigenvalue weighted by Gasteiger charge is 2.31. The van der Waals surface area contributed by atoms with Crippen molar-refractivity contribution < 1.29 is 19.7 Å². The van der Waals surface area contributed by atoms with Gasteiger partial charge in [-0.25, -0.2) is 9.97 Å². The number of benzene rings is 1. The van der Waals surface area contributed by atoms with Crippen molar-refractivity contribution in [3.8, 4) is 11.3 Å². The quantitative estimate of drug-likeness (QED) is 0.433. The van der Waals surface area contributed by atoms with Crippen molar-refractivity contribution in [2.45, 2.75) is 58.7 Å². The number of nitrogens with zero attached hydrogens (tertiary/aromatic N) is 7. The molecule has 0 radical (unpaired) electrons. The largest absolute Gasteiger partial charge is 0.389 e. The first-order valence-corrected chi connectivity index (χ1v) is 13.6. The van der Waals surface area contributed by atoms with Crippen molar-refractivity contribution in [3.63, 3.8) is 0 Å². The first kappa shape index (κ1) is 27.4. The van der Waals surface area contributed by atoms with E-state index in [1.807, 2.05) is 30.3 Å². The van der Waals surface area contributed by atoms with E-state index in [-0.39, 0.29) is 18.8 Å². The minimum atomic E-state index is -1.09. The van der Waals surface area contributed by atoms with Crippen LogP contribution >= 0.6 is 0 Å². The summed E-state index contributed by atoms with van der Waals surface area (Å²) in [5.74, 6) is 1.66. The molecular weight excluding hydrogens is 498 g/mol. The summed E-state index contributed by atoms with van der Waals surface area (Å²) in [7, 11) is 0. The average molecular weight is 538 g/mol. The van der Waals surface area contributed by atoms with Gasteiger partial charge in [0, 0.05) is 31.7 Å². The second kappa shape index (κ2) is 11.2. The minimum Gasteiger partial charge on any atom is -0.389 e. The van der Waals surface area contributed by atoms with Crippen LogP contribution in [-0.4, -0.2) is 100 Å². The fraction of sp³-hybridized carbons (Fsp3) is 0.571. The van der Waals surface area contributed by atoms with Crippen LogP contribution in [0.15, 0.2) is 30.3 Å². The normalized spacial score (nSPS) is 21.3. The van der Waals surface area contributed by atoms with E-state index in [0.29, 0.717) is 68.0 Å². The number of morpholine rings is 2. The number of aromatic nitrogens is 4. The number of anilines is 3. The van der Waals surface area contributed by atoms with Gasteiger partial charge in [-0.15, -0.1) is 0 Å². The highest BCUT2D eigenvalue weighted by atomic mass is 16.5. The third kappa shape index (κ3) is 6.22. The van der Waals surface area contributed by atoms with Gasteiger partial charge in [0.15, 0.2) is 22.8 Å². The molecule has 5 rings (SSSR count). The maximum atomic E-state index is 10.8. The number of rotatable bonds is 7. The Morgan fingerprint density at radius 1 is 1.00 bits per heavy atom. The predicted molar refractivity (Wildman–Crippen MR) is 151 cm³/mol. The van der Waals surface area contributed by atoms with E-state index in [2.05, 4.69) is 23.6 Å². The summed E-state index contributed by atoms with van der Waals surface area (Å²) in [6.07, 6.45) is -0.857. The van der Waals surface area contributed by atoms with Crippen LogP contribution in [0.5, 0.6) is 0 Å². The molecule has 0 saturated carbocycles. The molecule has 2 fully saturated rings. The lowest BCUT2D eigenvalue weighted by molar-refractivity contribution is -0.00542. The fourth-order valence-electron chi connectivity index (χ4n) is 5.18. The predicted octanol–water partition coefficient (Wildman–Crippen LogP) is 2.45. The molecule has 2 aliphatic heterocycles. The number of fused-ring (bicyclic) bond motifs is 1. The number of ether oxygens (including phenoxy) is 2. The molecule has 39 heavy (non-hydrogen) atoms. The van der Waals surface area contributed by atoms with Gasteiger partial charge in [0.25, 0.3) is 0 Å². The van der Waals surface area contributed by atoms with Crippen LogP contribution in [0.25, 0.3) is 22.4 Å². The van der Waals surface area contributed by atoms with Crippen LogP contribution in [0, 0.1) is 0 Å². The van der Waals surface area contributed by atoms with Gasteiger partial charge >= 0.3 is 0 Å². The lowest BCUT2D eigenvalue weighted by atomic mass is 10.1. The highest BCUT2D eigenvalue weighted by Crippen LogP contribution is 2.35. The van der Waals surface area contributed by atoms with Crippen molar-refractivity contribution in [1.29, 1.82) is 0 Å². The molecule has 0 aliphatic carbocycles. The third-order valence-electron chi connectivity index (χ3n) is 6.82. The standard InChI is InChI=1S/C28H39N7O4/c1-18-15-34(16-19(2)39-18)25-22(21-9-7-6-8-10-21)29-23-24(30-25)31-27(33-11-13-38-14-12-33)32-26(23)35(20(3)36)17-28(4,5)37/h6-10,18-20,36-37H,11-17H2,1-5H3. The van der Waals surface area contributed by atoms with Crippen molar-refractivity contribution in [3.05, 3.63) is 30.3 Å². The molecule has 11 nitrogen and oxygen atoms in total. The zero-order valence-electron chi connectivity index (χ0n) is 23.4. The fourth-order valence-corrected chi connectivity index (χ4v) is 5.18. The maximum absolute atomic E-state index is 10.8. The van der Waals surface area contributed by atoms with Gasteiger partial charge in [-0.1, -0.05) is 30.3 Å². The minimum absolute atomic E-state index is 0.0391. The SMILES string of the molecule is CC1CN(c2nc3nc(N4CCOCC4)nc(N(CC(C)(C)O)C(C)O)c3nc2-c2ccccc2)CC(C)O1. The second-order valence-corrected chi connectivity index (χ2v) is 11.1. The van der Waals surface area contributed by atoms with E-state index < -0.39 is 11.8 Å². The highest BCUT2D eigenvalue weighted by molar-refractivity contribution is 5.89. The van der Waals surface area contributed by atoms with Crippen LogP contribution in [0.4, 0.5) is 17.6 Å². The summed E-state index contributed by atoms with van der Waals surface area (Å²) in [4.78, 5) is 26.0. The molecule has 11 heteroatoms. The van der Waals surface area contributed by atoms with Gasteiger partial charge in [0.2, 0.25) is 5.95 Å². The Balaban J connectivity index is 1.75. The van der Waals surface area contributed by atoms with Gasteiger partial charge in [0.1, 0.15) is 11.9 Å². The Morgan fingerprint density at radius 3 is 2.28 bits per heavy atom. The van der Waals surface area contributed by atoms with Crippen LogP contribution in [-0.2, 0) is 9.47 Å². The molecule has 1 aromatic carbocycles. The summed E-state index contributed by atoms with van der Waals surface area (Å²) in [6.45, 7) is 13.1. The Labute approximate surface area is 229 Å². The van der Waals surface area contributed by atoms with E-state index in [1.165, 1.54) is 0 Å². The van der Waals surface area contributed by atoms with Crippen LogP contribution in [0.3, 0.4) is 0 Å². The maximum Gasteiger partial charge on any atom is 0.229 e. The van der Waals surface area contributed by atoms with Crippen LogP contribution in [0.1, 0.15) is 34.6 Å². The molecule has 210 valence electrons. The molecule has 4 heterocycles. The Hall–Kier alpha value is -3.12. The number of hydrogen-bond donors (Lipinski definition) is 2. The Kier molecular flexibility index (Phi) is 7.86. The molecule has 2 aromatic heterocycles. The molecule has 3 atom stereocenters. The zero-order valence-corrected chi connectivity index (χ0v) is 23.4. The van der Waals surface area contributed by atoms with E-state index in [0.717, 1.165) is 11.4 Å². The zero-order chi connectivity index (χ0) is 27.7. The number of aliphatic hydroxyl groups excluding tert-OH is 1. The van der Waals surface area contributed by atoms with Crippen molar-refractivity contribution >= 4 is 28.7 Å². The van der Waals surface area contributed by atoms with Crippen molar-refractivity contribution in [2.24, 2.45) is 0 Å². The topological polar surface area (TPSA) is 120 Å². The molecule has 0 amide bonds. The number of hydrogen-bond acceptors (Lipinski definition) is 11. The van der Waals surface area contributed by atoms with Gasteiger partial charge in [-0.2, -0.15) is 9.97 Å². The monoisotopic (exact) mass is 537 g/mol. The molecule has 0 spiro atoms. The summed E-state index contributed by atoms with van der Waals surface area (Å²) in [5, 5.41) is 21.6. The van der Waals surface area contributed by atoms with E-state index in [4.69, 9.17) is 29.4 Å². The molecule has 3 unspecified atom stereocenters. The first-order valence-electron chi connectivity index (χ1n) is 13.6. The summed E-state index contributed by atoms with van der Waals surface area (Å²) in [5.41, 5.74) is 1.44. The van der Waals surface area contributed by atoms with Crippen LogP contribution in [0.2, 0.25) is 0 Å². The molecule has 0 bridgehead atoms. The van der Waals surface area contributed by atoms with E-state index in [1.54, 1.807) is 25.7 Å². The van der Waals surface area contributed by atoms with Gasteiger partial charge in [-0.05, 0) is 34.6 Å². The third-order valence-corrected chi connectivity index (χ3v) is 6.82. The van der Waals surface area contributed by atoms with Gasteiger partial charge in [-0.3, -0.25) is 0 Å². The van der Waals surface area contributed by atoms with E-state index in [9.17, 15) is 10.2 Å². The van der Waals surface area contributed by atoms with E-state index >= 15 is 0 Å². The summed E-state index contributed by atoms with van der Waals surface area (Å²) in [6, 6.07) is 9.95. The van der Waals surface area contributed by atoms with Crippen molar-refractivity contribution in [2.75, 3.05) is 60.6 Å². The number of aliphatic hydroxyl groups is 2. The lowest BCUT2D eigenvalue weighted by Gasteiger charge is -2.37. The van der Waals surface area contributed by atoms with Gasteiger partial charge < -0.3 is 34.4 Å². The molecular formula is C28H39N7O4. The van der Waals surface area contributed by atoms with Crippen LogP contribution < -0.4 is 14.7 Å². The Morgan fingerprint density at radius 2 is 1.67 bits per heavy atom. The van der Waals surface area contributed by atoms with Gasteiger partial charge in [0.05, 0.1) is 37.6 Å². The van der Waals surface area contributed by atoms with Crippen molar-refractivity contribution in [1.82, 2.24) is 19.9 Å². The molecule has 2 saturated heterocycles. The Bertz CT molecular complexity index is 1270. The second-order valence-electron chi connectivity index (χ2n) is 11.1. The molecule has 2 N–H and O–H groups in total.